The maximum absolute atomic E-state index is 13.8. The van der Waals surface area contributed by atoms with E-state index in [1.165, 1.54) is 4.40 Å². The molecule has 0 atom stereocenters. The van der Waals surface area contributed by atoms with Crippen molar-refractivity contribution in [3.8, 4) is 0 Å². The highest BCUT2D eigenvalue weighted by Gasteiger charge is 2.74. The van der Waals surface area contributed by atoms with Gasteiger partial charge in [0, 0.05) is 17.2 Å². The average Bonchev–Trinajstić information content (AvgIpc) is 2.83. The van der Waals surface area contributed by atoms with Gasteiger partial charge in [0.2, 0.25) is 0 Å². The van der Waals surface area contributed by atoms with Crippen molar-refractivity contribution >= 4 is 5.65 Å². The molecular formula is C15H16F7N3. The van der Waals surface area contributed by atoms with Crippen molar-refractivity contribution in [3.05, 3.63) is 29.5 Å². The molecule has 0 amide bonds. The Bertz CT molecular complexity index is 785. The minimum atomic E-state index is -6.41. The van der Waals surface area contributed by atoms with Gasteiger partial charge in [-0.2, -0.15) is 30.7 Å². The Morgan fingerprint density at radius 3 is 2.00 bits per heavy atom. The van der Waals surface area contributed by atoms with Gasteiger partial charge >= 0.3 is 18.0 Å². The zero-order valence-corrected chi connectivity index (χ0v) is 13.8. The minimum Gasteiger partial charge on any atom is -0.287 e. The third-order valence-corrected chi connectivity index (χ3v) is 3.73. The molecule has 0 saturated carbocycles. The van der Waals surface area contributed by atoms with Crippen LogP contribution < -0.4 is 0 Å². The molecule has 0 bridgehead atoms. The molecule has 0 spiro atoms. The van der Waals surface area contributed by atoms with Crippen LogP contribution in [-0.2, 0) is 17.8 Å². The first-order valence-electron chi connectivity index (χ1n) is 7.35. The standard InChI is InChI=1S/C15H16F7N3/c1-5-8-11(12(2,3)4)24-10-6-9(23-7-25(8)10)13(16,17)14(18,19)15(20,21)22/h6-7H,5H2,1-4H3. The summed E-state index contributed by atoms with van der Waals surface area (Å²) in [5.41, 5.74) is -1.18. The van der Waals surface area contributed by atoms with E-state index in [0.29, 0.717) is 23.9 Å². The van der Waals surface area contributed by atoms with Crippen LogP contribution in [0.4, 0.5) is 30.7 Å². The van der Waals surface area contributed by atoms with E-state index in [4.69, 9.17) is 0 Å². The van der Waals surface area contributed by atoms with Gasteiger partial charge < -0.3 is 0 Å². The Morgan fingerprint density at radius 2 is 1.56 bits per heavy atom. The SMILES string of the molecule is CCc1c(C(C)(C)C)nc2cc(C(F)(F)C(F)(F)C(F)(F)F)ncn12. The van der Waals surface area contributed by atoms with Crippen LogP contribution in [0.5, 0.6) is 0 Å². The van der Waals surface area contributed by atoms with E-state index in [9.17, 15) is 30.7 Å². The minimum absolute atomic E-state index is 0.163. The monoisotopic (exact) mass is 371 g/mol. The smallest absolute Gasteiger partial charge is 0.287 e. The Kier molecular flexibility index (Phi) is 4.33. The van der Waals surface area contributed by atoms with Crippen LogP contribution in [0, 0.1) is 0 Å². The molecule has 2 rings (SSSR count). The second-order valence-electron chi connectivity index (χ2n) is 6.66. The molecule has 0 saturated heterocycles. The number of alkyl halides is 7. The van der Waals surface area contributed by atoms with E-state index in [0.717, 1.165) is 6.33 Å². The number of aromatic nitrogens is 3. The lowest BCUT2D eigenvalue weighted by molar-refractivity contribution is -0.360. The van der Waals surface area contributed by atoms with Crippen molar-refractivity contribution in [1.82, 2.24) is 14.4 Å². The third-order valence-electron chi connectivity index (χ3n) is 3.73. The van der Waals surface area contributed by atoms with Crippen molar-refractivity contribution < 1.29 is 30.7 Å². The fourth-order valence-corrected chi connectivity index (χ4v) is 2.44. The lowest BCUT2D eigenvalue weighted by Gasteiger charge is -2.27. The van der Waals surface area contributed by atoms with Crippen LogP contribution in [-0.4, -0.2) is 26.5 Å². The summed E-state index contributed by atoms with van der Waals surface area (Å²) >= 11 is 0. The number of hydrogen-bond acceptors (Lipinski definition) is 2. The topological polar surface area (TPSA) is 30.2 Å². The summed E-state index contributed by atoms with van der Waals surface area (Å²) in [7, 11) is 0. The molecule has 2 aromatic heterocycles. The predicted octanol–water partition coefficient (Wildman–Crippen LogP) is 4.88. The zero-order chi connectivity index (χ0) is 19.4. The van der Waals surface area contributed by atoms with Crippen LogP contribution in [0.1, 0.15) is 44.8 Å². The Balaban J connectivity index is 2.67. The van der Waals surface area contributed by atoms with Gasteiger partial charge in [0.1, 0.15) is 17.7 Å². The number of rotatable bonds is 3. The van der Waals surface area contributed by atoms with Gasteiger partial charge in [-0.05, 0) is 6.42 Å². The molecular weight excluding hydrogens is 355 g/mol. The van der Waals surface area contributed by atoms with Crippen LogP contribution >= 0.6 is 0 Å². The van der Waals surface area contributed by atoms with Gasteiger partial charge in [0.05, 0.1) is 5.69 Å². The lowest BCUT2D eigenvalue weighted by atomic mass is 9.90. The van der Waals surface area contributed by atoms with Crippen LogP contribution in [0.25, 0.3) is 5.65 Å². The second-order valence-corrected chi connectivity index (χ2v) is 6.66. The molecule has 0 N–H and O–H groups in total. The number of imidazole rings is 1. The molecule has 0 aromatic carbocycles. The Labute approximate surface area is 138 Å². The van der Waals surface area contributed by atoms with Gasteiger partial charge in [-0.1, -0.05) is 27.7 Å². The van der Waals surface area contributed by atoms with Gasteiger partial charge in [0.15, 0.2) is 0 Å². The molecule has 140 valence electrons. The zero-order valence-electron chi connectivity index (χ0n) is 13.8. The summed E-state index contributed by atoms with van der Waals surface area (Å²) in [4.78, 5) is 7.29. The van der Waals surface area contributed by atoms with E-state index in [1.54, 1.807) is 6.92 Å². The van der Waals surface area contributed by atoms with E-state index < -0.39 is 29.1 Å². The molecule has 10 heteroatoms. The second kappa shape index (κ2) is 5.57. The van der Waals surface area contributed by atoms with Crippen molar-refractivity contribution in [2.24, 2.45) is 0 Å². The highest BCUT2D eigenvalue weighted by atomic mass is 19.4. The average molecular weight is 371 g/mol. The summed E-state index contributed by atoms with van der Waals surface area (Å²) < 4.78 is 92.3. The van der Waals surface area contributed by atoms with Crippen molar-refractivity contribution in [2.75, 3.05) is 0 Å². The first-order chi connectivity index (χ1) is 11.1. The normalized spacial score (nSPS) is 14.4. The highest BCUT2D eigenvalue weighted by molar-refractivity contribution is 5.46. The Morgan fingerprint density at radius 1 is 1.00 bits per heavy atom. The molecule has 25 heavy (non-hydrogen) atoms. The van der Waals surface area contributed by atoms with Gasteiger partial charge in [-0.25, -0.2) is 9.97 Å². The molecule has 0 radical (unpaired) electrons. The summed E-state index contributed by atoms with van der Waals surface area (Å²) in [6.07, 6.45) is -5.17. The van der Waals surface area contributed by atoms with E-state index in [2.05, 4.69) is 9.97 Å². The van der Waals surface area contributed by atoms with E-state index in [-0.39, 0.29) is 5.65 Å². The summed E-state index contributed by atoms with van der Waals surface area (Å²) in [5, 5.41) is 0. The van der Waals surface area contributed by atoms with Crippen molar-refractivity contribution in [2.45, 2.75) is 57.6 Å². The summed E-state index contributed by atoms with van der Waals surface area (Å²) in [6, 6.07) is 0.466. The number of halogens is 7. The molecule has 3 nitrogen and oxygen atoms in total. The first kappa shape index (κ1) is 19.5. The molecule has 0 aliphatic carbocycles. The molecule has 0 aliphatic heterocycles. The third kappa shape index (κ3) is 2.95. The first-order valence-corrected chi connectivity index (χ1v) is 7.35. The van der Waals surface area contributed by atoms with E-state index in [1.807, 2.05) is 20.8 Å². The molecule has 2 heterocycles. The molecule has 2 aromatic rings. The number of aryl methyl sites for hydroxylation is 1. The largest absolute Gasteiger partial charge is 0.460 e. The van der Waals surface area contributed by atoms with Crippen molar-refractivity contribution in [3.63, 3.8) is 0 Å². The van der Waals surface area contributed by atoms with Gasteiger partial charge in [-0.3, -0.25) is 4.40 Å². The van der Waals surface area contributed by atoms with Gasteiger partial charge in [-0.15, -0.1) is 0 Å². The highest BCUT2D eigenvalue weighted by Crippen LogP contribution is 2.51. The van der Waals surface area contributed by atoms with Gasteiger partial charge in [0.25, 0.3) is 0 Å². The molecule has 0 unspecified atom stereocenters. The maximum atomic E-state index is 13.8. The number of fused-ring (bicyclic) bond motifs is 1. The lowest BCUT2D eigenvalue weighted by Crippen LogP contribution is -2.50. The summed E-state index contributed by atoms with van der Waals surface area (Å²) in [5.74, 6) is -11.8. The maximum Gasteiger partial charge on any atom is 0.460 e. The number of hydrogen-bond donors (Lipinski definition) is 0. The number of nitrogens with zero attached hydrogens (tertiary/aromatic N) is 3. The molecule has 0 aliphatic rings. The fourth-order valence-electron chi connectivity index (χ4n) is 2.44. The van der Waals surface area contributed by atoms with E-state index >= 15 is 0 Å². The predicted molar refractivity (Wildman–Crippen MR) is 76.0 cm³/mol. The van der Waals surface area contributed by atoms with Crippen molar-refractivity contribution in [1.29, 1.82) is 0 Å². The quantitative estimate of drug-likeness (QED) is 0.720. The fraction of sp³-hybridized carbons (Fsp3) is 0.600. The summed E-state index contributed by atoms with van der Waals surface area (Å²) in [6.45, 7) is 7.22. The molecule has 0 fully saturated rings. The van der Waals surface area contributed by atoms with Crippen LogP contribution in [0.3, 0.4) is 0 Å². The van der Waals surface area contributed by atoms with Crippen LogP contribution in [0.15, 0.2) is 12.4 Å². The van der Waals surface area contributed by atoms with Crippen LogP contribution in [0.2, 0.25) is 0 Å². The Hall–Kier alpha value is -1.87.